The van der Waals surface area contributed by atoms with Gasteiger partial charge in [0.05, 0.1) is 23.1 Å². The van der Waals surface area contributed by atoms with Crippen molar-refractivity contribution in [2.45, 2.75) is 6.54 Å². The summed E-state index contributed by atoms with van der Waals surface area (Å²) in [6.07, 6.45) is 0. The maximum absolute atomic E-state index is 5.74. The topological polar surface area (TPSA) is 67.9 Å². The summed E-state index contributed by atoms with van der Waals surface area (Å²) in [5.41, 5.74) is 8.60. The quantitative estimate of drug-likeness (QED) is 0.796. The second kappa shape index (κ2) is 4.51. The highest BCUT2D eigenvalue weighted by Crippen LogP contribution is 2.28. The summed E-state index contributed by atoms with van der Waals surface area (Å²) < 4.78 is 0. The number of nitrogens with zero attached hydrogens (tertiary/aromatic N) is 4. The van der Waals surface area contributed by atoms with Crippen molar-refractivity contribution in [1.82, 2.24) is 15.0 Å². The molecule has 92 valence electrons. The Hall–Kier alpha value is -1.73. The summed E-state index contributed by atoms with van der Waals surface area (Å²) in [7, 11) is 1.98. The molecule has 0 saturated carbocycles. The van der Waals surface area contributed by atoms with Crippen molar-refractivity contribution in [1.29, 1.82) is 0 Å². The fourth-order valence-electron chi connectivity index (χ4n) is 1.78. The van der Waals surface area contributed by atoms with E-state index in [2.05, 4.69) is 15.0 Å². The molecule has 0 saturated heterocycles. The zero-order chi connectivity index (χ0) is 12.5. The Morgan fingerprint density at radius 2 is 2.28 bits per heavy atom. The number of rotatable bonds is 3. The molecule has 0 atom stereocenters. The van der Waals surface area contributed by atoms with Crippen LogP contribution in [0.4, 0.5) is 11.8 Å². The molecule has 5 nitrogen and oxygen atoms in total. The predicted molar refractivity (Wildman–Crippen MR) is 76.0 cm³/mol. The molecule has 0 amide bonds. The monoisotopic (exact) mass is 277 g/mol. The minimum Gasteiger partial charge on any atom is -0.368 e. The van der Waals surface area contributed by atoms with Crippen LogP contribution >= 0.6 is 22.7 Å². The SMILES string of the molecule is CN(Cc1cscn1)c1nc(N)nc2sccc12. The third kappa shape index (κ3) is 2.02. The molecule has 3 rings (SSSR count). The zero-order valence-electron chi connectivity index (χ0n) is 9.70. The van der Waals surface area contributed by atoms with E-state index in [1.54, 1.807) is 22.7 Å². The number of nitrogens with two attached hydrogens (primary N) is 1. The third-order valence-electron chi connectivity index (χ3n) is 2.57. The molecule has 0 unspecified atom stereocenters. The van der Waals surface area contributed by atoms with Crippen molar-refractivity contribution in [3.05, 3.63) is 28.0 Å². The zero-order valence-corrected chi connectivity index (χ0v) is 11.3. The van der Waals surface area contributed by atoms with Crippen molar-refractivity contribution >= 4 is 44.7 Å². The van der Waals surface area contributed by atoms with Gasteiger partial charge in [0, 0.05) is 12.4 Å². The van der Waals surface area contributed by atoms with Gasteiger partial charge in [-0.1, -0.05) is 0 Å². The Bertz CT molecular complexity index is 661. The van der Waals surface area contributed by atoms with Crippen LogP contribution < -0.4 is 10.6 Å². The Balaban J connectivity index is 2.00. The first-order valence-corrected chi connectivity index (χ1v) is 7.15. The van der Waals surface area contributed by atoms with Crippen molar-refractivity contribution in [3.8, 4) is 0 Å². The van der Waals surface area contributed by atoms with Gasteiger partial charge in [0.1, 0.15) is 10.6 Å². The van der Waals surface area contributed by atoms with Gasteiger partial charge < -0.3 is 10.6 Å². The van der Waals surface area contributed by atoms with Crippen LogP contribution in [-0.4, -0.2) is 22.0 Å². The third-order valence-corrected chi connectivity index (χ3v) is 4.01. The molecule has 2 N–H and O–H groups in total. The molecule has 0 aliphatic rings. The van der Waals surface area contributed by atoms with Crippen LogP contribution in [0.15, 0.2) is 22.3 Å². The van der Waals surface area contributed by atoms with Crippen LogP contribution in [-0.2, 0) is 6.54 Å². The van der Waals surface area contributed by atoms with Gasteiger partial charge in [-0.05, 0) is 11.4 Å². The minimum atomic E-state index is 0.310. The van der Waals surface area contributed by atoms with Crippen LogP contribution in [0, 0.1) is 0 Å². The van der Waals surface area contributed by atoms with E-state index < -0.39 is 0 Å². The van der Waals surface area contributed by atoms with Crippen LogP contribution in [0.3, 0.4) is 0 Å². The molecule has 3 aromatic rings. The van der Waals surface area contributed by atoms with E-state index in [-0.39, 0.29) is 0 Å². The summed E-state index contributed by atoms with van der Waals surface area (Å²) >= 11 is 3.16. The Labute approximate surface area is 112 Å². The average molecular weight is 277 g/mol. The van der Waals surface area contributed by atoms with Gasteiger partial charge in [-0.3, -0.25) is 0 Å². The number of thiophene rings is 1. The molecular weight excluding hydrogens is 266 g/mol. The van der Waals surface area contributed by atoms with Crippen LogP contribution in [0.2, 0.25) is 0 Å². The lowest BCUT2D eigenvalue weighted by Crippen LogP contribution is -2.18. The van der Waals surface area contributed by atoms with E-state index in [1.807, 2.05) is 34.3 Å². The van der Waals surface area contributed by atoms with E-state index in [0.717, 1.165) is 21.7 Å². The molecular formula is C11H11N5S2. The van der Waals surface area contributed by atoms with E-state index in [0.29, 0.717) is 12.5 Å². The van der Waals surface area contributed by atoms with Crippen LogP contribution in [0.25, 0.3) is 10.2 Å². The van der Waals surface area contributed by atoms with Crippen molar-refractivity contribution in [2.24, 2.45) is 0 Å². The molecule has 0 spiro atoms. The molecule has 0 radical (unpaired) electrons. The number of hydrogen-bond donors (Lipinski definition) is 1. The number of hydrogen-bond acceptors (Lipinski definition) is 7. The van der Waals surface area contributed by atoms with Gasteiger partial charge in [-0.2, -0.15) is 4.98 Å². The van der Waals surface area contributed by atoms with Crippen molar-refractivity contribution < 1.29 is 0 Å². The standard InChI is InChI=1S/C11H11N5S2/c1-16(4-7-5-17-6-13-7)9-8-2-3-18-10(8)15-11(12)14-9/h2-3,5-6H,4H2,1H3,(H2,12,14,15). The number of aromatic nitrogens is 3. The fourth-order valence-corrected chi connectivity index (χ4v) is 3.10. The van der Waals surface area contributed by atoms with Gasteiger partial charge >= 0.3 is 0 Å². The highest BCUT2D eigenvalue weighted by molar-refractivity contribution is 7.16. The summed E-state index contributed by atoms with van der Waals surface area (Å²) in [6.45, 7) is 0.713. The predicted octanol–water partition coefficient (Wildman–Crippen LogP) is 2.37. The number of thiazole rings is 1. The first kappa shape index (κ1) is 11.4. The van der Waals surface area contributed by atoms with E-state index in [9.17, 15) is 0 Å². The van der Waals surface area contributed by atoms with Crippen molar-refractivity contribution in [3.63, 3.8) is 0 Å². The number of fused-ring (bicyclic) bond motifs is 1. The molecule has 3 aromatic heterocycles. The lowest BCUT2D eigenvalue weighted by molar-refractivity contribution is 0.878. The number of anilines is 2. The van der Waals surface area contributed by atoms with E-state index in [1.165, 1.54) is 0 Å². The second-order valence-corrected chi connectivity index (χ2v) is 5.49. The molecule has 0 bridgehead atoms. The van der Waals surface area contributed by atoms with Gasteiger partial charge in [0.2, 0.25) is 5.95 Å². The maximum atomic E-state index is 5.74. The molecule has 0 aliphatic heterocycles. The molecule has 0 fully saturated rings. The van der Waals surface area contributed by atoms with Gasteiger partial charge in [0.15, 0.2) is 0 Å². The first-order chi connectivity index (χ1) is 8.74. The Morgan fingerprint density at radius 3 is 3.06 bits per heavy atom. The van der Waals surface area contributed by atoms with Crippen LogP contribution in [0.1, 0.15) is 5.69 Å². The maximum Gasteiger partial charge on any atom is 0.223 e. The molecule has 18 heavy (non-hydrogen) atoms. The van der Waals surface area contributed by atoms with Gasteiger partial charge in [-0.15, -0.1) is 22.7 Å². The lowest BCUT2D eigenvalue weighted by atomic mass is 10.3. The Kier molecular flexibility index (Phi) is 2.85. The highest BCUT2D eigenvalue weighted by Gasteiger charge is 2.12. The van der Waals surface area contributed by atoms with Gasteiger partial charge in [0.25, 0.3) is 0 Å². The fraction of sp³-hybridized carbons (Fsp3) is 0.182. The van der Waals surface area contributed by atoms with E-state index in [4.69, 9.17) is 5.73 Å². The molecule has 3 heterocycles. The normalized spacial score (nSPS) is 10.9. The largest absolute Gasteiger partial charge is 0.368 e. The minimum absolute atomic E-state index is 0.310. The molecule has 7 heteroatoms. The first-order valence-electron chi connectivity index (χ1n) is 5.33. The number of nitrogen functional groups attached to an aromatic ring is 1. The molecule has 0 aliphatic carbocycles. The summed E-state index contributed by atoms with van der Waals surface area (Å²) in [5, 5.41) is 5.07. The average Bonchev–Trinajstić information content (AvgIpc) is 2.97. The van der Waals surface area contributed by atoms with Gasteiger partial charge in [-0.25, -0.2) is 9.97 Å². The highest BCUT2D eigenvalue weighted by atomic mass is 32.1. The second-order valence-electron chi connectivity index (χ2n) is 3.88. The molecule has 0 aromatic carbocycles. The Morgan fingerprint density at radius 1 is 1.39 bits per heavy atom. The summed E-state index contributed by atoms with van der Waals surface area (Å²) in [4.78, 5) is 15.8. The smallest absolute Gasteiger partial charge is 0.223 e. The van der Waals surface area contributed by atoms with E-state index >= 15 is 0 Å². The van der Waals surface area contributed by atoms with Crippen molar-refractivity contribution in [2.75, 3.05) is 17.7 Å². The summed E-state index contributed by atoms with van der Waals surface area (Å²) in [5.74, 6) is 1.16. The summed E-state index contributed by atoms with van der Waals surface area (Å²) in [6, 6.07) is 2.02. The van der Waals surface area contributed by atoms with Crippen LogP contribution in [0.5, 0.6) is 0 Å². The lowest BCUT2D eigenvalue weighted by Gasteiger charge is -2.17.